The molecule has 2 N–H and O–H groups in total. The maximum absolute atomic E-state index is 11.8. The van der Waals surface area contributed by atoms with E-state index in [4.69, 9.17) is 4.74 Å². The number of aldehydes is 1. The van der Waals surface area contributed by atoms with Crippen LogP contribution >= 0.6 is 27.3 Å². The predicted molar refractivity (Wildman–Crippen MR) is 80.3 cm³/mol. The SMILES string of the molecule is CC(C)(C)OC(=O)Nc1sc(Br)cc1C(=O)NCC=O. The van der Waals surface area contributed by atoms with Gasteiger partial charge in [-0.25, -0.2) is 4.79 Å². The van der Waals surface area contributed by atoms with Crippen molar-refractivity contribution in [2.75, 3.05) is 11.9 Å². The van der Waals surface area contributed by atoms with Crippen LogP contribution in [0.5, 0.6) is 0 Å². The Balaban J connectivity index is 2.82. The van der Waals surface area contributed by atoms with Crippen LogP contribution in [0.3, 0.4) is 0 Å². The first-order chi connectivity index (χ1) is 9.23. The Bertz CT molecular complexity index is 522. The number of carbonyl (C=O) groups is 3. The Morgan fingerprint density at radius 2 is 2.10 bits per heavy atom. The molecule has 20 heavy (non-hydrogen) atoms. The lowest BCUT2D eigenvalue weighted by atomic mass is 10.2. The maximum atomic E-state index is 11.8. The van der Waals surface area contributed by atoms with Gasteiger partial charge in [-0.15, -0.1) is 11.3 Å². The summed E-state index contributed by atoms with van der Waals surface area (Å²) < 4.78 is 5.80. The number of halogens is 1. The summed E-state index contributed by atoms with van der Waals surface area (Å²) in [7, 11) is 0. The summed E-state index contributed by atoms with van der Waals surface area (Å²) in [5, 5.41) is 5.29. The molecule has 2 amide bonds. The van der Waals surface area contributed by atoms with Crippen LogP contribution in [0.1, 0.15) is 31.1 Å². The molecule has 0 aliphatic carbocycles. The van der Waals surface area contributed by atoms with Gasteiger partial charge in [0, 0.05) is 0 Å². The lowest BCUT2D eigenvalue weighted by Crippen LogP contribution is -2.29. The molecule has 0 unspecified atom stereocenters. The third-order valence-corrected chi connectivity index (χ3v) is 3.46. The standard InChI is InChI=1S/C12H15BrN2O4S/c1-12(2,3)19-11(18)15-10-7(6-8(13)20-10)9(17)14-4-5-16/h5-6H,4H2,1-3H3,(H,14,17)(H,15,18). The van der Waals surface area contributed by atoms with Crippen molar-refractivity contribution in [3.63, 3.8) is 0 Å². The number of thiophene rings is 1. The molecule has 1 aromatic rings. The average Bonchev–Trinajstić information content (AvgIpc) is 2.64. The van der Waals surface area contributed by atoms with E-state index in [2.05, 4.69) is 26.6 Å². The van der Waals surface area contributed by atoms with Crippen LogP contribution in [0.2, 0.25) is 0 Å². The molecule has 1 aromatic heterocycles. The zero-order chi connectivity index (χ0) is 15.3. The molecule has 1 rings (SSSR count). The topological polar surface area (TPSA) is 84.5 Å². The molecule has 0 spiro atoms. The van der Waals surface area contributed by atoms with Crippen LogP contribution in [0, 0.1) is 0 Å². The largest absolute Gasteiger partial charge is 0.444 e. The quantitative estimate of drug-likeness (QED) is 0.806. The number of nitrogens with one attached hydrogen (secondary N) is 2. The first-order valence-electron chi connectivity index (χ1n) is 5.74. The van der Waals surface area contributed by atoms with Crippen LogP contribution in [0.4, 0.5) is 9.80 Å². The monoisotopic (exact) mass is 362 g/mol. The van der Waals surface area contributed by atoms with E-state index < -0.39 is 17.6 Å². The minimum Gasteiger partial charge on any atom is -0.444 e. The van der Waals surface area contributed by atoms with E-state index >= 15 is 0 Å². The van der Waals surface area contributed by atoms with E-state index in [0.29, 0.717) is 15.1 Å². The van der Waals surface area contributed by atoms with Gasteiger partial charge in [-0.2, -0.15) is 0 Å². The Labute approximate surface area is 129 Å². The predicted octanol–water partition coefficient (Wildman–Crippen LogP) is 2.79. The maximum Gasteiger partial charge on any atom is 0.412 e. The van der Waals surface area contributed by atoms with E-state index in [0.717, 1.165) is 0 Å². The van der Waals surface area contributed by atoms with Crippen LogP contribution in [-0.2, 0) is 9.53 Å². The second kappa shape index (κ2) is 6.85. The van der Waals surface area contributed by atoms with Gasteiger partial charge in [0.05, 0.1) is 15.9 Å². The molecule has 0 saturated heterocycles. The van der Waals surface area contributed by atoms with Gasteiger partial charge in [0.1, 0.15) is 16.9 Å². The first-order valence-corrected chi connectivity index (χ1v) is 7.35. The van der Waals surface area contributed by atoms with Gasteiger partial charge in [0.15, 0.2) is 0 Å². The molecule has 0 aliphatic heterocycles. The lowest BCUT2D eigenvalue weighted by molar-refractivity contribution is -0.107. The van der Waals surface area contributed by atoms with Gasteiger partial charge in [0.2, 0.25) is 0 Å². The number of hydrogen-bond acceptors (Lipinski definition) is 5. The Morgan fingerprint density at radius 3 is 2.65 bits per heavy atom. The molecule has 8 heteroatoms. The fourth-order valence-corrected chi connectivity index (χ4v) is 2.73. The molecule has 6 nitrogen and oxygen atoms in total. The van der Waals surface area contributed by atoms with Crippen LogP contribution in [-0.4, -0.2) is 30.4 Å². The van der Waals surface area contributed by atoms with Crippen LogP contribution in [0.15, 0.2) is 9.85 Å². The third kappa shape index (κ3) is 5.30. The van der Waals surface area contributed by atoms with Crippen molar-refractivity contribution < 1.29 is 19.1 Å². The van der Waals surface area contributed by atoms with Crippen molar-refractivity contribution in [2.24, 2.45) is 0 Å². The van der Waals surface area contributed by atoms with Crippen LogP contribution in [0.25, 0.3) is 0 Å². The summed E-state index contributed by atoms with van der Waals surface area (Å²) in [5.41, 5.74) is -0.354. The minimum atomic E-state index is -0.642. The lowest BCUT2D eigenvalue weighted by Gasteiger charge is -2.19. The highest BCUT2D eigenvalue weighted by Gasteiger charge is 2.21. The molecule has 0 radical (unpaired) electrons. The number of rotatable bonds is 4. The molecule has 0 atom stereocenters. The Hall–Kier alpha value is -1.41. The van der Waals surface area contributed by atoms with E-state index in [1.807, 2.05) is 0 Å². The third-order valence-electron chi connectivity index (χ3n) is 1.91. The second-order valence-electron chi connectivity index (χ2n) is 4.80. The summed E-state index contributed by atoms with van der Waals surface area (Å²) in [6, 6.07) is 1.57. The number of anilines is 1. The van der Waals surface area contributed by atoms with Gasteiger partial charge >= 0.3 is 6.09 Å². The van der Waals surface area contributed by atoms with Gasteiger partial charge in [-0.05, 0) is 42.8 Å². The number of hydrogen-bond donors (Lipinski definition) is 2. The highest BCUT2D eigenvalue weighted by atomic mass is 79.9. The van der Waals surface area contributed by atoms with Gasteiger partial charge < -0.3 is 14.8 Å². The molecule has 0 bridgehead atoms. The average molecular weight is 363 g/mol. The molecule has 110 valence electrons. The fourth-order valence-electron chi connectivity index (χ4n) is 1.25. The molecule has 0 saturated carbocycles. The zero-order valence-corrected chi connectivity index (χ0v) is 13.7. The summed E-state index contributed by atoms with van der Waals surface area (Å²) >= 11 is 4.43. The van der Waals surface area contributed by atoms with Crippen molar-refractivity contribution in [3.8, 4) is 0 Å². The fraction of sp³-hybridized carbons (Fsp3) is 0.417. The zero-order valence-electron chi connectivity index (χ0n) is 11.3. The number of carbonyl (C=O) groups excluding carboxylic acids is 3. The summed E-state index contributed by atoms with van der Waals surface area (Å²) in [5.74, 6) is -0.440. The first kappa shape index (κ1) is 16.6. The van der Waals surface area contributed by atoms with Crippen molar-refractivity contribution in [1.82, 2.24) is 5.32 Å². The highest BCUT2D eigenvalue weighted by Crippen LogP contribution is 2.32. The van der Waals surface area contributed by atoms with Gasteiger partial charge in [-0.1, -0.05) is 0 Å². The van der Waals surface area contributed by atoms with Crippen LogP contribution < -0.4 is 10.6 Å². The Morgan fingerprint density at radius 1 is 1.45 bits per heavy atom. The summed E-state index contributed by atoms with van der Waals surface area (Å²) in [6.45, 7) is 5.15. The van der Waals surface area contributed by atoms with Crippen molar-refractivity contribution >= 4 is 50.6 Å². The van der Waals surface area contributed by atoms with Crippen molar-refractivity contribution in [3.05, 3.63) is 15.4 Å². The van der Waals surface area contributed by atoms with E-state index in [-0.39, 0.29) is 12.1 Å². The van der Waals surface area contributed by atoms with Gasteiger partial charge in [0.25, 0.3) is 5.91 Å². The van der Waals surface area contributed by atoms with E-state index in [1.54, 1.807) is 26.8 Å². The van der Waals surface area contributed by atoms with Crippen molar-refractivity contribution in [1.29, 1.82) is 0 Å². The second-order valence-corrected chi connectivity index (χ2v) is 7.23. The molecular formula is C12H15BrN2O4S. The van der Waals surface area contributed by atoms with E-state index in [1.165, 1.54) is 11.3 Å². The van der Waals surface area contributed by atoms with Crippen molar-refractivity contribution in [2.45, 2.75) is 26.4 Å². The molecule has 0 fully saturated rings. The molecule has 1 heterocycles. The summed E-state index contributed by atoms with van der Waals surface area (Å²) in [6.07, 6.45) is -0.0587. The number of amides is 2. The van der Waals surface area contributed by atoms with Gasteiger partial charge in [-0.3, -0.25) is 10.1 Å². The van der Waals surface area contributed by atoms with E-state index in [9.17, 15) is 14.4 Å². The molecule has 0 aromatic carbocycles. The minimum absolute atomic E-state index is 0.0851. The normalized spacial score (nSPS) is 10.8. The number of ether oxygens (including phenoxy) is 1. The smallest absolute Gasteiger partial charge is 0.412 e. The molecular weight excluding hydrogens is 348 g/mol. The highest BCUT2D eigenvalue weighted by molar-refractivity contribution is 9.11. The summed E-state index contributed by atoms with van der Waals surface area (Å²) in [4.78, 5) is 33.8. The molecule has 0 aliphatic rings. The Kier molecular flexibility index (Phi) is 5.70.